The van der Waals surface area contributed by atoms with Crippen LogP contribution in [0.3, 0.4) is 0 Å². The predicted molar refractivity (Wildman–Crippen MR) is 83.0 cm³/mol. The van der Waals surface area contributed by atoms with E-state index in [0.717, 1.165) is 38.8 Å². The SMILES string of the molecule is CN1CC(N(CC(F)(F)F)[C@H]2CCCC[C@@H]2NC(C)(C)C)C1. The molecule has 2 fully saturated rings. The van der Waals surface area contributed by atoms with Gasteiger partial charge in [-0.25, -0.2) is 0 Å². The Hall–Kier alpha value is -0.330. The zero-order valence-electron chi connectivity index (χ0n) is 14.2. The Labute approximate surface area is 132 Å². The highest BCUT2D eigenvalue weighted by molar-refractivity contribution is 4.97. The molecule has 130 valence electrons. The van der Waals surface area contributed by atoms with Crippen molar-refractivity contribution in [1.29, 1.82) is 0 Å². The summed E-state index contributed by atoms with van der Waals surface area (Å²) >= 11 is 0. The van der Waals surface area contributed by atoms with Crippen molar-refractivity contribution in [2.45, 2.75) is 76.3 Å². The minimum Gasteiger partial charge on any atom is -0.308 e. The molecule has 2 rings (SSSR count). The van der Waals surface area contributed by atoms with E-state index in [4.69, 9.17) is 0 Å². The van der Waals surface area contributed by atoms with Crippen LogP contribution < -0.4 is 5.32 Å². The van der Waals surface area contributed by atoms with Gasteiger partial charge in [-0.2, -0.15) is 13.2 Å². The molecule has 0 amide bonds. The first kappa shape index (κ1) is 18.0. The lowest BCUT2D eigenvalue weighted by atomic mass is 9.86. The Morgan fingerprint density at radius 1 is 1.09 bits per heavy atom. The quantitative estimate of drug-likeness (QED) is 0.859. The van der Waals surface area contributed by atoms with Crippen molar-refractivity contribution in [3.8, 4) is 0 Å². The van der Waals surface area contributed by atoms with E-state index < -0.39 is 12.7 Å². The number of likely N-dealkylation sites (N-methyl/N-ethyl adjacent to an activating group) is 1. The third-order valence-electron chi connectivity index (χ3n) is 4.65. The van der Waals surface area contributed by atoms with Crippen LogP contribution in [0.25, 0.3) is 0 Å². The predicted octanol–water partition coefficient (Wildman–Crippen LogP) is 2.86. The molecule has 0 radical (unpaired) electrons. The van der Waals surface area contributed by atoms with E-state index in [2.05, 4.69) is 31.0 Å². The molecule has 0 aromatic carbocycles. The molecule has 22 heavy (non-hydrogen) atoms. The molecule has 6 heteroatoms. The van der Waals surface area contributed by atoms with E-state index >= 15 is 0 Å². The van der Waals surface area contributed by atoms with Gasteiger partial charge in [0.25, 0.3) is 0 Å². The first-order valence-electron chi connectivity index (χ1n) is 8.34. The minimum absolute atomic E-state index is 0.00620. The third-order valence-corrected chi connectivity index (χ3v) is 4.65. The molecule has 1 saturated carbocycles. The lowest BCUT2D eigenvalue weighted by Crippen LogP contribution is -2.66. The molecular weight excluding hydrogens is 291 g/mol. The number of rotatable bonds is 4. The summed E-state index contributed by atoms with van der Waals surface area (Å²) in [6, 6.07) is 0.189. The summed E-state index contributed by atoms with van der Waals surface area (Å²) in [5, 5.41) is 3.57. The summed E-state index contributed by atoms with van der Waals surface area (Å²) in [4.78, 5) is 3.83. The molecule has 1 saturated heterocycles. The van der Waals surface area contributed by atoms with Crippen molar-refractivity contribution in [3.05, 3.63) is 0 Å². The van der Waals surface area contributed by atoms with Gasteiger partial charge in [-0.3, -0.25) is 4.90 Å². The molecule has 0 aromatic rings. The van der Waals surface area contributed by atoms with Crippen LogP contribution in [0.1, 0.15) is 46.5 Å². The fourth-order valence-corrected chi connectivity index (χ4v) is 3.83. The standard InChI is InChI=1S/C16H30F3N3/c1-15(2,3)20-13-7-5-6-8-14(13)22(11-16(17,18)19)12-9-21(4)10-12/h12-14,20H,5-11H2,1-4H3/t13-,14-/m0/s1. The second-order valence-electron chi connectivity index (χ2n) is 8.02. The van der Waals surface area contributed by atoms with Gasteiger partial charge < -0.3 is 10.2 Å². The van der Waals surface area contributed by atoms with Crippen LogP contribution in [0.5, 0.6) is 0 Å². The number of nitrogens with zero attached hydrogens (tertiary/aromatic N) is 2. The molecule has 1 aliphatic heterocycles. The topological polar surface area (TPSA) is 18.5 Å². The van der Waals surface area contributed by atoms with Crippen molar-refractivity contribution in [1.82, 2.24) is 15.1 Å². The molecule has 0 aromatic heterocycles. The van der Waals surface area contributed by atoms with Crippen LogP contribution in [-0.4, -0.2) is 66.3 Å². The summed E-state index contributed by atoms with van der Waals surface area (Å²) < 4.78 is 39.2. The van der Waals surface area contributed by atoms with Crippen molar-refractivity contribution in [3.63, 3.8) is 0 Å². The minimum atomic E-state index is -4.13. The summed E-state index contributed by atoms with van der Waals surface area (Å²) in [5.41, 5.74) is -0.0689. The Bertz CT molecular complexity index is 359. The Balaban J connectivity index is 2.11. The van der Waals surface area contributed by atoms with Crippen LogP contribution in [0.2, 0.25) is 0 Å². The molecule has 1 heterocycles. The van der Waals surface area contributed by atoms with Crippen LogP contribution in [0, 0.1) is 0 Å². The second kappa shape index (κ2) is 6.65. The van der Waals surface area contributed by atoms with Crippen LogP contribution in [0.4, 0.5) is 13.2 Å². The fraction of sp³-hybridized carbons (Fsp3) is 1.00. The summed E-state index contributed by atoms with van der Waals surface area (Å²) in [6.07, 6.45) is -0.153. The Morgan fingerprint density at radius 3 is 2.18 bits per heavy atom. The lowest BCUT2D eigenvalue weighted by molar-refractivity contribution is -0.167. The average molecular weight is 321 g/mol. The second-order valence-corrected chi connectivity index (χ2v) is 8.02. The first-order valence-corrected chi connectivity index (χ1v) is 8.34. The highest BCUT2D eigenvalue weighted by Gasteiger charge is 2.44. The van der Waals surface area contributed by atoms with Gasteiger partial charge in [0.2, 0.25) is 0 Å². The summed E-state index contributed by atoms with van der Waals surface area (Å²) in [6.45, 7) is 6.97. The van der Waals surface area contributed by atoms with Gasteiger partial charge in [-0.15, -0.1) is 0 Å². The van der Waals surface area contributed by atoms with Gasteiger partial charge in [-0.1, -0.05) is 12.8 Å². The van der Waals surface area contributed by atoms with Gasteiger partial charge in [0.05, 0.1) is 6.54 Å². The molecule has 0 bridgehead atoms. The molecule has 1 N–H and O–H groups in total. The molecule has 3 nitrogen and oxygen atoms in total. The number of hydrogen-bond acceptors (Lipinski definition) is 3. The van der Waals surface area contributed by atoms with Gasteiger partial charge >= 0.3 is 6.18 Å². The molecule has 1 aliphatic carbocycles. The first-order chi connectivity index (χ1) is 10.1. The zero-order chi connectivity index (χ0) is 16.5. The van der Waals surface area contributed by atoms with Crippen molar-refractivity contribution >= 4 is 0 Å². The maximum absolute atomic E-state index is 13.1. The average Bonchev–Trinajstić information content (AvgIpc) is 2.30. The van der Waals surface area contributed by atoms with E-state index in [1.165, 1.54) is 0 Å². The highest BCUT2D eigenvalue weighted by atomic mass is 19.4. The van der Waals surface area contributed by atoms with E-state index in [0.29, 0.717) is 0 Å². The summed E-state index contributed by atoms with van der Waals surface area (Å²) in [5.74, 6) is 0. The van der Waals surface area contributed by atoms with Gasteiger partial charge in [0.15, 0.2) is 0 Å². The van der Waals surface area contributed by atoms with E-state index in [9.17, 15) is 13.2 Å². The van der Waals surface area contributed by atoms with Crippen molar-refractivity contribution < 1.29 is 13.2 Å². The van der Waals surface area contributed by atoms with E-state index in [-0.39, 0.29) is 23.7 Å². The smallest absolute Gasteiger partial charge is 0.308 e. The monoisotopic (exact) mass is 321 g/mol. The third kappa shape index (κ3) is 5.10. The number of hydrogen-bond donors (Lipinski definition) is 1. The fourth-order valence-electron chi connectivity index (χ4n) is 3.83. The zero-order valence-corrected chi connectivity index (χ0v) is 14.2. The van der Waals surface area contributed by atoms with Gasteiger partial charge in [0.1, 0.15) is 0 Å². The molecule has 0 spiro atoms. The van der Waals surface area contributed by atoms with Crippen molar-refractivity contribution in [2.24, 2.45) is 0 Å². The molecule has 2 atom stereocenters. The largest absolute Gasteiger partial charge is 0.401 e. The van der Waals surface area contributed by atoms with Crippen LogP contribution in [-0.2, 0) is 0 Å². The molecule has 2 aliphatic rings. The highest BCUT2D eigenvalue weighted by Crippen LogP contribution is 2.31. The van der Waals surface area contributed by atoms with Crippen LogP contribution >= 0.6 is 0 Å². The maximum atomic E-state index is 13.1. The normalized spacial score (nSPS) is 28.9. The number of alkyl halides is 3. The van der Waals surface area contributed by atoms with E-state index in [1.54, 1.807) is 4.90 Å². The maximum Gasteiger partial charge on any atom is 0.401 e. The van der Waals surface area contributed by atoms with Gasteiger partial charge in [0, 0.05) is 36.8 Å². The number of halogens is 3. The van der Waals surface area contributed by atoms with Gasteiger partial charge in [-0.05, 0) is 40.7 Å². The molecule has 0 unspecified atom stereocenters. The lowest BCUT2D eigenvalue weighted by Gasteiger charge is -2.51. The Morgan fingerprint density at radius 2 is 1.68 bits per heavy atom. The molecular formula is C16H30F3N3. The van der Waals surface area contributed by atoms with E-state index in [1.807, 2.05) is 7.05 Å². The number of nitrogens with one attached hydrogen (secondary N) is 1. The summed E-state index contributed by atoms with van der Waals surface area (Å²) in [7, 11) is 1.97. The Kier molecular flexibility index (Phi) is 5.45. The van der Waals surface area contributed by atoms with Crippen molar-refractivity contribution in [2.75, 3.05) is 26.7 Å². The number of likely N-dealkylation sites (tertiary alicyclic amines) is 1. The van der Waals surface area contributed by atoms with Crippen LogP contribution in [0.15, 0.2) is 0 Å².